The van der Waals surface area contributed by atoms with Gasteiger partial charge in [-0.2, -0.15) is 4.31 Å². The summed E-state index contributed by atoms with van der Waals surface area (Å²) >= 11 is 1.72. The minimum absolute atomic E-state index is 0. The Morgan fingerprint density at radius 2 is 1.93 bits per heavy atom. The monoisotopic (exact) mass is 563 g/mol. The normalized spacial score (nSPS) is 16.1. The number of aliphatic imine (C=N–C) groups is 1. The number of benzene rings is 1. The van der Waals surface area contributed by atoms with Crippen molar-refractivity contribution in [1.29, 1.82) is 0 Å². The molecule has 2 aromatic rings. The van der Waals surface area contributed by atoms with Crippen LogP contribution in [-0.2, 0) is 16.4 Å². The molecule has 0 bridgehead atoms. The number of halogens is 1. The molecule has 0 radical (unpaired) electrons. The minimum atomic E-state index is -3.39. The molecule has 10 heteroatoms. The largest absolute Gasteiger partial charge is 0.356 e. The van der Waals surface area contributed by atoms with Crippen LogP contribution in [0.3, 0.4) is 0 Å². The van der Waals surface area contributed by atoms with Gasteiger partial charge in [0, 0.05) is 50.7 Å². The van der Waals surface area contributed by atoms with Crippen molar-refractivity contribution in [2.75, 3.05) is 33.2 Å². The Kier molecular flexibility index (Phi) is 9.98. The Balaban J connectivity index is 0.00000320. The Bertz CT molecular complexity index is 910. The molecule has 0 aliphatic carbocycles. The summed E-state index contributed by atoms with van der Waals surface area (Å²) in [7, 11) is -1.62. The van der Waals surface area contributed by atoms with Crippen molar-refractivity contribution < 1.29 is 8.42 Å². The van der Waals surface area contributed by atoms with Gasteiger partial charge in [-0.25, -0.2) is 13.4 Å². The van der Waals surface area contributed by atoms with E-state index in [4.69, 9.17) is 0 Å². The highest BCUT2D eigenvalue weighted by molar-refractivity contribution is 14.0. The fraction of sp³-hybridized carbons (Fsp3) is 0.500. The van der Waals surface area contributed by atoms with E-state index in [0.717, 1.165) is 43.3 Å². The molecule has 0 atom stereocenters. The SMILES string of the molecule is CN=C(NCCc1ncc(C)s1)NCC1CCN(S(=O)(=O)c2ccccc2)CC1.I. The van der Waals surface area contributed by atoms with Crippen LogP contribution < -0.4 is 10.6 Å². The first-order valence-corrected chi connectivity index (χ1v) is 12.2. The fourth-order valence-electron chi connectivity index (χ4n) is 3.36. The van der Waals surface area contributed by atoms with Gasteiger partial charge in [-0.15, -0.1) is 35.3 Å². The predicted molar refractivity (Wildman–Crippen MR) is 133 cm³/mol. The molecular weight excluding hydrogens is 533 g/mol. The molecule has 0 spiro atoms. The third-order valence-corrected chi connectivity index (χ3v) is 7.92. The second-order valence-corrected chi connectivity index (χ2v) is 10.4. The van der Waals surface area contributed by atoms with Gasteiger partial charge in [-0.3, -0.25) is 4.99 Å². The number of guanidine groups is 1. The van der Waals surface area contributed by atoms with Crippen LogP contribution in [0.15, 0.2) is 46.4 Å². The van der Waals surface area contributed by atoms with E-state index in [2.05, 4.69) is 27.5 Å². The second-order valence-electron chi connectivity index (χ2n) is 7.16. The van der Waals surface area contributed by atoms with Gasteiger partial charge < -0.3 is 10.6 Å². The number of hydrogen-bond donors (Lipinski definition) is 2. The maximum Gasteiger partial charge on any atom is 0.243 e. The number of piperidine rings is 1. The van der Waals surface area contributed by atoms with E-state index in [1.807, 2.05) is 12.3 Å². The van der Waals surface area contributed by atoms with Crippen molar-refractivity contribution in [2.45, 2.75) is 31.1 Å². The number of hydrogen-bond acceptors (Lipinski definition) is 5. The summed E-state index contributed by atoms with van der Waals surface area (Å²) in [5, 5.41) is 7.81. The summed E-state index contributed by atoms with van der Waals surface area (Å²) in [6.07, 6.45) is 4.45. The third-order valence-electron chi connectivity index (χ3n) is 5.04. The molecule has 1 aliphatic rings. The Labute approximate surface area is 200 Å². The lowest BCUT2D eigenvalue weighted by atomic mass is 9.98. The summed E-state index contributed by atoms with van der Waals surface area (Å²) in [4.78, 5) is 10.2. The number of rotatable bonds is 7. The first kappa shape index (κ1) is 25.0. The highest BCUT2D eigenvalue weighted by Crippen LogP contribution is 2.23. The van der Waals surface area contributed by atoms with E-state index in [1.165, 1.54) is 4.88 Å². The first-order valence-electron chi connectivity index (χ1n) is 9.90. The lowest BCUT2D eigenvalue weighted by molar-refractivity contribution is 0.273. The van der Waals surface area contributed by atoms with E-state index in [9.17, 15) is 8.42 Å². The highest BCUT2D eigenvalue weighted by Gasteiger charge is 2.29. The lowest BCUT2D eigenvalue weighted by Crippen LogP contribution is -2.44. The lowest BCUT2D eigenvalue weighted by Gasteiger charge is -2.31. The van der Waals surface area contributed by atoms with Gasteiger partial charge in [-0.1, -0.05) is 18.2 Å². The molecule has 1 aliphatic heterocycles. The number of sulfonamides is 1. The predicted octanol–water partition coefficient (Wildman–Crippen LogP) is 2.88. The van der Waals surface area contributed by atoms with Crippen molar-refractivity contribution in [3.8, 4) is 0 Å². The number of thiazole rings is 1. The molecule has 2 N–H and O–H groups in total. The first-order chi connectivity index (χ1) is 14.0. The van der Waals surface area contributed by atoms with E-state index in [-0.39, 0.29) is 24.0 Å². The van der Waals surface area contributed by atoms with Gasteiger partial charge in [0.1, 0.15) is 0 Å². The van der Waals surface area contributed by atoms with Gasteiger partial charge in [0.05, 0.1) is 9.90 Å². The molecule has 0 unspecified atom stereocenters. The van der Waals surface area contributed by atoms with Crippen LogP contribution in [0.4, 0.5) is 0 Å². The molecular formula is C20H30IN5O2S2. The van der Waals surface area contributed by atoms with Crippen LogP contribution in [0.25, 0.3) is 0 Å². The van der Waals surface area contributed by atoms with Crippen molar-refractivity contribution in [3.63, 3.8) is 0 Å². The number of aryl methyl sites for hydroxylation is 1. The summed E-state index contributed by atoms with van der Waals surface area (Å²) in [6, 6.07) is 8.67. The van der Waals surface area contributed by atoms with Crippen molar-refractivity contribution in [1.82, 2.24) is 19.9 Å². The Morgan fingerprint density at radius 3 is 2.53 bits per heavy atom. The number of nitrogens with zero attached hydrogens (tertiary/aromatic N) is 3. The smallest absolute Gasteiger partial charge is 0.243 e. The van der Waals surface area contributed by atoms with Crippen LogP contribution in [0.1, 0.15) is 22.7 Å². The molecule has 1 saturated heterocycles. The van der Waals surface area contributed by atoms with E-state index in [0.29, 0.717) is 23.9 Å². The quantitative estimate of drug-likeness (QED) is 0.308. The fourth-order valence-corrected chi connectivity index (χ4v) is 5.64. The van der Waals surface area contributed by atoms with Crippen LogP contribution in [0.5, 0.6) is 0 Å². The van der Waals surface area contributed by atoms with E-state index in [1.54, 1.807) is 47.0 Å². The van der Waals surface area contributed by atoms with Crippen molar-refractivity contribution >= 4 is 51.3 Å². The van der Waals surface area contributed by atoms with Crippen LogP contribution >= 0.6 is 35.3 Å². The molecule has 0 amide bonds. The second kappa shape index (κ2) is 12.0. The highest BCUT2D eigenvalue weighted by atomic mass is 127. The molecule has 2 heterocycles. The topological polar surface area (TPSA) is 86.7 Å². The molecule has 166 valence electrons. The van der Waals surface area contributed by atoms with Crippen LogP contribution in [-0.4, -0.2) is 56.9 Å². The summed E-state index contributed by atoms with van der Waals surface area (Å²) in [5.41, 5.74) is 0. The number of nitrogens with one attached hydrogen (secondary N) is 2. The maximum absolute atomic E-state index is 12.7. The zero-order valence-electron chi connectivity index (χ0n) is 17.4. The molecule has 7 nitrogen and oxygen atoms in total. The average Bonchev–Trinajstić information content (AvgIpc) is 3.16. The number of aromatic nitrogens is 1. The Hall–Kier alpha value is -1.24. The van der Waals surface area contributed by atoms with Crippen LogP contribution in [0.2, 0.25) is 0 Å². The molecule has 30 heavy (non-hydrogen) atoms. The molecule has 1 aromatic heterocycles. The van der Waals surface area contributed by atoms with Crippen molar-refractivity contribution in [2.24, 2.45) is 10.9 Å². The average molecular weight is 564 g/mol. The van der Waals surface area contributed by atoms with Gasteiger partial charge in [0.2, 0.25) is 10.0 Å². The minimum Gasteiger partial charge on any atom is -0.356 e. The maximum atomic E-state index is 12.7. The molecule has 1 fully saturated rings. The van der Waals surface area contributed by atoms with Gasteiger partial charge in [-0.05, 0) is 37.8 Å². The molecule has 1 aromatic carbocycles. The standard InChI is InChI=1S/C20H29N5O2S2.HI/c1-16-14-23-19(28-16)8-11-22-20(21-2)24-15-17-9-12-25(13-10-17)29(26,27)18-6-4-3-5-7-18;/h3-7,14,17H,8-13,15H2,1-2H3,(H2,21,22,24);1H. The summed E-state index contributed by atoms with van der Waals surface area (Å²) in [6.45, 7) is 4.74. The van der Waals surface area contributed by atoms with Gasteiger partial charge >= 0.3 is 0 Å². The molecule has 0 saturated carbocycles. The van der Waals surface area contributed by atoms with Gasteiger partial charge in [0.15, 0.2) is 5.96 Å². The third kappa shape index (κ3) is 6.89. The zero-order valence-corrected chi connectivity index (χ0v) is 21.3. The van der Waals surface area contributed by atoms with E-state index < -0.39 is 10.0 Å². The molecule has 3 rings (SSSR count). The zero-order chi connectivity index (χ0) is 20.7. The summed E-state index contributed by atoms with van der Waals surface area (Å²) in [5.74, 6) is 1.20. The van der Waals surface area contributed by atoms with Gasteiger partial charge in [0.25, 0.3) is 0 Å². The van der Waals surface area contributed by atoms with Crippen LogP contribution in [0, 0.1) is 12.8 Å². The Morgan fingerprint density at radius 1 is 1.23 bits per heavy atom. The van der Waals surface area contributed by atoms with Crippen molar-refractivity contribution in [3.05, 3.63) is 46.4 Å². The van der Waals surface area contributed by atoms with E-state index >= 15 is 0 Å². The summed E-state index contributed by atoms with van der Waals surface area (Å²) < 4.78 is 27.0.